The average Bonchev–Trinajstić information content (AvgIpc) is 3.02. The first-order valence-corrected chi connectivity index (χ1v) is 7.08. The van der Waals surface area contributed by atoms with Gasteiger partial charge in [-0.1, -0.05) is 13.3 Å². The zero-order chi connectivity index (χ0) is 11.7. The molecule has 3 heteroatoms. The Bertz CT molecular complexity index is 371. The molecule has 1 N–H and O–H groups in total. The van der Waals surface area contributed by atoms with Crippen molar-refractivity contribution in [2.45, 2.75) is 45.7 Å². The molecule has 1 heterocycles. The van der Waals surface area contributed by atoms with Crippen LogP contribution in [0.25, 0.3) is 0 Å². The lowest BCUT2D eigenvalue weighted by Gasteiger charge is -2.21. The van der Waals surface area contributed by atoms with Crippen LogP contribution in [0.3, 0.4) is 0 Å². The van der Waals surface area contributed by atoms with Crippen LogP contribution in [0.5, 0.6) is 0 Å². The summed E-state index contributed by atoms with van der Waals surface area (Å²) in [4.78, 5) is 0. The van der Waals surface area contributed by atoms with Gasteiger partial charge < -0.3 is 5.32 Å². The summed E-state index contributed by atoms with van der Waals surface area (Å²) in [6.45, 7) is 5.19. The van der Waals surface area contributed by atoms with Gasteiger partial charge >= 0.3 is 0 Å². The van der Waals surface area contributed by atoms with Crippen LogP contribution in [0.1, 0.15) is 38.3 Å². The molecule has 2 bridgehead atoms. The van der Waals surface area contributed by atoms with Crippen molar-refractivity contribution in [1.29, 1.82) is 0 Å². The fraction of sp³-hybridized carbons (Fsp3) is 0.786. The van der Waals surface area contributed by atoms with Gasteiger partial charge in [0, 0.05) is 19.3 Å². The molecule has 0 saturated heterocycles. The van der Waals surface area contributed by atoms with Crippen molar-refractivity contribution >= 4 is 0 Å². The van der Waals surface area contributed by atoms with Crippen molar-refractivity contribution in [1.82, 2.24) is 15.1 Å². The molecule has 2 fully saturated rings. The Balaban J connectivity index is 1.56. The molecule has 2 saturated carbocycles. The number of nitrogens with zero attached hydrogens (tertiary/aromatic N) is 2. The van der Waals surface area contributed by atoms with Gasteiger partial charge in [-0.15, -0.1) is 0 Å². The summed E-state index contributed by atoms with van der Waals surface area (Å²) in [5, 5.41) is 7.97. The van der Waals surface area contributed by atoms with E-state index in [4.69, 9.17) is 0 Å². The average molecular weight is 233 g/mol. The summed E-state index contributed by atoms with van der Waals surface area (Å²) in [7, 11) is 0. The highest BCUT2D eigenvalue weighted by Crippen LogP contribution is 2.48. The molecule has 3 unspecified atom stereocenters. The molecule has 3 rings (SSSR count). The minimum absolute atomic E-state index is 0.903. The monoisotopic (exact) mass is 233 g/mol. The maximum Gasteiger partial charge on any atom is 0.0762 e. The van der Waals surface area contributed by atoms with Crippen LogP contribution >= 0.6 is 0 Å². The Morgan fingerprint density at radius 2 is 2.35 bits per heavy atom. The van der Waals surface area contributed by atoms with E-state index in [2.05, 4.69) is 34.3 Å². The molecular weight excluding hydrogens is 210 g/mol. The first-order chi connectivity index (χ1) is 8.35. The topological polar surface area (TPSA) is 29.9 Å². The van der Waals surface area contributed by atoms with E-state index in [0.717, 1.165) is 37.4 Å². The third kappa shape index (κ3) is 2.39. The van der Waals surface area contributed by atoms with Crippen molar-refractivity contribution < 1.29 is 0 Å². The second kappa shape index (κ2) is 4.81. The number of rotatable bonds is 5. The molecule has 2 aliphatic carbocycles. The summed E-state index contributed by atoms with van der Waals surface area (Å²) in [6, 6.07) is 2.15. The highest BCUT2D eigenvalue weighted by atomic mass is 15.3. The van der Waals surface area contributed by atoms with Crippen molar-refractivity contribution in [3.05, 3.63) is 18.0 Å². The van der Waals surface area contributed by atoms with E-state index in [1.54, 1.807) is 0 Å². The SMILES string of the molecule is CCNCc1ccn(CC2CC3CCC2C3)n1. The Morgan fingerprint density at radius 3 is 3.06 bits per heavy atom. The third-order valence-corrected chi connectivity index (χ3v) is 4.56. The zero-order valence-corrected chi connectivity index (χ0v) is 10.7. The molecule has 3 nitrogen and oxygen atoms in total. The second-order valence-corrected chi connectivity index (χ2v) is 5.74. The number of fused-ring (bicyclic) bond motifs is 2. The molecule has 1 aromatic heterocycles. The Kier molecular flexibility index (Phi) is 3.19. The van der Waals surface area contributed by atoms with E-state index in [-0.39, 0.29) is 0 Å². The highest BCUT2D eigenvalue weighted by molar-refractivity contribution is 4.99. The van der Waals surface area contributed by atoms with Crippen LogP contribution in [-0.2, 0) is 13.1 Å². The maximum absolute atomic E-state index is 4.65. The van der Waals surface area contributed by atoms with E-state index in [0.29, 0.717) is 0 Å². The van der Waals surface area contributed by atoms with Crippen molar-refractivity contribution in [3.8, 4) is 0 Å². The Labute approximate surface area is 104 Å². The molecule has 0 amide bonds. The van der Waals surface area contributed by atoms with Crippen molar-refractivity contribution in [2.24, 2.45) is 17.8 Å². The standard InChI is InChI=1S/C14H23N3/c1-2-15-9-14-5-6-17(16-14)10-13-8-11-3-4-12(13)7-11/h5-6,11-13,15H,2-4,7-10H2,1H3. The second-order valence-electron chi connectivity index (χ2n) is 5.74. The lowest BCUT2D eigenvalue weighted by atomic mass is 9.89. The molecule has 94 valence electrons. The van der Waals surface area contributed by atoms with Crippen LogP contribution < -0.4 is 5.32 Å². The van der Waals surface area contributed by atoms with E-state index in [1.165, 1.54) is 31.4 Å². The third-order valence-electron chi connectivity index (χ3n) is 4.56. The predicted molar refractivity (Wildman–Crippen MR) is 68.5 cm³/mol. The smallest absolute Gasteiger partial charge is 0.0762 e. The van der Waals surface area contributed by atoms with Gasteiger partial charge in [-0.2, -0.15) is 5.10 Å². The molecule has 0 aromatic carbocycles. The van der Waals surface area contributed by atoms with Crippen LogP contribution in [0.4, 0.5) is 0 Å². The van der Waals surface area contributed by atoms with Crippen LogP contribution in [0.2, 0.25) is 0 Å². The van der Waals surface area contributed by atoms with Gasteiger partial charge in [0.15, 0.2) is 0 Å². The normalized spacial score (nSPS) is 31.2. The molecule has 3 atom stereocenters. The highest BCUT2D eigenvalue weighted by Gasteiger charge is 2.39. The summed E-state index contributed by atoms with van der Waals surface area (Å²) in [5.74, 6) is 2.95. The van der Waals surface area contributed by atoms with E-state index < -0.39 is 0 Å². The molecule has 0 radical (unpaired) electrons. The van der Waals surface area contributed by atoms with E-state index in [1.807, 2.05) is 0 Å². The molecular formula is C14H23N3. The van der Waals surface area contributed by atoms with Crippen LogP contribution in [0.15, 0.2) is 12.3 Å². The zero-order valence-electron chi connectivity index (χ0n) is 10.7. The minimum Gasteiger partial charge on any atom is -0.311 e. The van der Waals surface area contributed by atoms with Crippen molar-refractivity contribution in [3.63, 3.8) is 0 Å². The van der Waals surface area contributed by atoms with Gasteiger partial charge in [-0.05, 0) is 49.6 Å². The summed E-state index contributed by atoms with van der Waals surface area (Å²) in [5.41, 5.74) is 1.18. The lowest BCUT2D eigenvalue weighted by Crippen LogP contribution is -2.18. The first kappa shape index (κ1) is 11.3. The molecule has 2 aliphatic rings. The Hall–Kier alpha value is -0.830. The summed E-state index contributed by atoms with van der Waals surface area (Å²) < 4.78 is 2.16. The first-order valence-electron chi connectivity index (χ1n) is 7.08. The quantitative estimate of drug-likeness (QED) is 0.846. The largest absolute Gasteiger partial charge is 0.311 e. The van der Waals surface area contributed by atoms with Gasteiger partial charge in [-0.25, -0.2) is 0 Å². The molecule has 0 spiro atoms. The number of nitrogens with one attached hydrogen (secondary N) is 1. The van der Waals surface area contributed by atoms with Gasteiger partial charge in [0.05, 0.1) is 5.69 Å². The molecule has 0 aliphatic heterocycles. The fourth-order valence-electron chi connectivity index (χ4n) is 3.69. The van der Waals surface area contributed by atoms with Crippen molar-refractivity contribution in [2.75, 3.05) is 6.54 Å². The number of hydrogen-bond donors (Lipinski definition) is 1. The predicted octanol–water partition coefficient (Wildman–Crippen LogP) is 2.43. The van der Waals surface area contributed by atoms with Crippen LogP contribution in [-0.4, -0.2) is 16.3 Å². The number of aromatic nitrogens is 2. The van der Waals surface area contributed by atoms with Gasteiger partial charge in [0.25, 0.3) is 0 Å². The summed E-state index contributed by atoms with van der Waals surface area (Å²) >= 11 is 0. The minimum atomic E-state index is 0.903. The van der Waals surface area contributed by atoms with Crippen LogP contribution in [0, 0.1) is 17.8 Å². The maximum atomic E-state index is 4.65. The molecule has 1 aromatic rings. The number of hydrogen-bond acceptors (Lipinski definition) is 2. The lowest BCUT2D eigenvalue weighted by molar-refractivity contribution is 0.285. The summed E-state index contributed by atoms with van der Waals surface area (Å²) in [6.07, 6.45) is 8.06. The molecule has 17 heavy (non-hydrogen) atoms. The van der Waals surface area contributed by atoms with Gasteiger partial charge in [0.2, 0.25) is 0 Å². The van der Waals surface area contributed by atoms with Gasteiger partial charge in [0.1, 0.15) is 0 Å². The van der Waals surface area contributed by atoms with E-state index in [9.17, 15) is 0 Å². The Morgan fingerprint density at radius 1 is 1.41 bits per heavy atom. The van der Waals surface area contributed by atoms with E-state index >= 15 is 0 Å². The fourth-order valence-corrected chi connectivity index (χ4v) is 3.69. The van der Waals surface area contributed by atoms with Gasteiger partial charge in [-0.3, -0.25) is 4.68 Å².